The number of nitrogens with zero attached hydrogens (tertiary/aromatic N) is 1. The molecule has 0 saturated heterocycles. The number of hydrogen-bond donors (Lipinski definition) is 1. The first-order chi connectivity index (χ1) is 10.1. The maximum Gasteiger partial charge on any atom is 0.333 e. The third-order valence-corrected chi connectivity index (χ3v) is 3.68. The molecule has 0 amide bonds. The Hall–Kier alpha value is -2.08. The number of hydrogen-bond acceptors (Lipinski definition) is 4. The van der Waals surface area contributed by atoms with Crippen molar-refractivity contribution in [3.05, 3.63) is 62.6 Å². The zero-order valence-corrected chi connectivity index (χ0v) is 13.1. The van der Waals surface area contributed by atoms with E-state index in [9.17, 15) is 10.1 Å². The second-order valence-corrected chi connectivity index (χ2v) is 5.14. The molecular formula is C15H15BrN2O3. The number of nitro benzene ring substituents is 1. The van der Waals surface area contributed by atoms with Crippen LogP contribution in [0, 0.1) is 10.1 Å². The molecule has 6 heteroatoms. The Labute approximate surface area is 131 Å². The minimum atomic E-state index is -0.423. The van der Waals surface area contributed by atoms with Crippen molar-refractivity contribution >= 4 is 27.3 Å². The molecule has 0 aliphatic heterocycles. The lowest BCUT2D eigenvalue weighted by Gasteiger charge is -2.11. The van der Waals surface area contributed by atoms with Crippen molar-refractivity contribution in [3.8, 4) is 5.75 Å². The Morgan fingerprint density at radius 3 is 2.67 bits per heavy atom. The van der Waals surface area contributed by atoms with Crippen LogP contribution in [0.4, 0.5) is 11.4 Å². The van der Waals surface area contributed by atoms with E-state index in [1.54, 1.807) is 25.1 Å². The third kappa shape index (κ3) is 3.72. The highest BCUT2D eigenvalue weighted by Gasteiger charge is 2.20. The molecule has 0 atom stereocenters. The largest absolute Gasteiger partial charge is 0.487 e. The summed E-state index contributed by atoms with van der Waals surface area (Å²) in [7, 11) is 0. The lowest BCUT2D eigenvalue weighted by Crippen LogP contribution is -2.05. The zero-order valence-electron chi connectivity index (χ0n) is 11.5. The predicted molar refractivity (Wildman–Crippen MR) is 85.7 cm³/mol. The number of rotatable bonds is 6. The Balaban J connectivity index is 2.25. The number of nitro groups is 1. The van der Waals surface area contributed by atoms with Gasteiger partial charge in [0.2, 0.25) is 0 Å². The van der Waals surface area contributed by atoms with Gasteiger partial charge in [0.1, 0.15) is 5.69 Å². The summed E-state index contributed by atoms with van der Waals surface area (Å²) in [5.41, 5.74) is 1.43. The standard InChI is InChI=1S/C15H15BrN2O3/c1-2-21-14-9-5-8-13(15(14)18(19)20)17-10-11-6-3-4-7-12(11)16/h3-9,17H,2,10H2,1H3. The molecule has 2 aromatic rings. The van der Waals surface area contributed by atoms with E-state index in [0.717, 1.165) is 10.0 Å². The van der Waals surface area contributed by atoms with E-state index < -0.39 is 4.92 Å². The van der Waals surface area contributed by atoms with Crippen LogP contribution in [0.3, 0.4) is 0 Å². The molecule has 0 aliphatic carbocycles. The summed E-state index contributed by atoms with van der Waals surface area (Å²) in [4.78, 5) is 10.8. The smallest absolute Gasteiger partial charge is 0.333 e. The number of ether oxygens (including phenoxy) is 1. The first kappa shape index (κ1) is 15.3. The minimum Gasteiger partial charge on any atom is -0.487 e. The summed E-state index contributed by atoms with van der Waals surface area (Å²) < 4.78 is 6.28. The van der Waals surface area contributed by atoms with Gasteiger partial charge in [-0.1, -0.05) is 40.2 Å². The topological polar surface area (TPSA) is 64.4 Å². The Bertz CT molecular complexity index is 647. The van der Waals surface area contributed by atoms with Gasteiger partial charge < -0.3 is 10.1 Å². The first-order valence-electron chi connectivity index (χ1n) is 6.51. The molecule has 21 heavy (non-hydrogen) atoms. The highest BCUT2D eigenvalue weighted by molar-refractivity contribution is 9.10. The molecule has 5 nitrogen and oxygen atoms in total. The van der Waals surface area contributed by atoms with Gasteiger partial charge in [0.25, 0.3) is 0 Å². The SMILES string of the molecule is CCOc1cccc(NCc2ccccc2Br)c1[N+](=O)[O-]. The summed E-state index contributed by atoms with van der Waals surface area (Å²) in [5.74, 6) is 0.277. The predicted octanol–water partition coefficient (Wildman–Crippen LogP) is 4.37. The fraction of sp³-hybridized carbons (Fsp3) is 0.200. The second kappa shape index (κ2) is 7.08. The lowest BCUT2D eigenvalue weighted by atomic mass is 10.2. The van der Waals surface area contributed by atoms with Crippen LogP contribution in [0.1, 0.15) is 12.5 Å². The molecule has 1 N–H and O–H groups in total. The van der Waals surface area contributed by atoms with Crippen LogP contribution in [0.5, 0.6) is 5.75 Å². The maximum absolute atomic E-state index is 11.3. The van der Waals surface area contributed by atoms with Gasteiger partial charge in [-0.15, -0.1) is 0 Å². The fourth-order valence-electron chi connectivity index (χ4n) is 1.96. The molecule has 0 bridgehead atoms. The van der Waals surface area contributed by atoms with Crippen LogP contribution < -0.4 is 10.1 Å². The normalized spacial score (nSPS) is 10.2. The molecular weight excluding hydrogens is 336 g/mol. The van der Waals surface area contributed by atoms with E-state index >= 15 is 0 Å². The molecule has 0 saturated carbocycles. The summed E-state index contributed by atoms with van der Waals surface area (Å²) in [6.45, 7) is 2.66. The van der Waals surface area contributed by atoms with Gasteiger partial charge >= 0.3 is 5.69 Å². The zero-order chi connectivity index (χ0) is 15.2. The van der Waals surface area contributed by atoms with Gasteiger partial charge in [-0.2, -0.15) is 0 Å². The molecule has 0 aromatic heterocycles. The number of benzene rings is 2. The molecule has 0 unspecified atom stereocenters. The van der Waals surface area contributed by atoms with Crippen molar-refractivity contribution in [3.63, 3.8) is 0 Å². The number of para-hydroxylation sites is 1. The van der Waals surface area contributed by atoms with E-state index in [4.69, 9.17) is 4.74 Å². The average molecular weight is 351 g/mol. The number of nitrogens with one attached hydrogen (secondary N) is 1. The van der Waals surface area contributed by atoms with Gasteiger partial charge in [-0.05, 0) is 30.7 Å². The number of halogens is 1. The molecule has 0 radical (unpaired) electrons. The summed E-state index contributed by atoms with van der Waals surface area (Å²) in [6, 6.07) is 12.7. The molecule has 110 valence electrons. The van der Waals surface area contributed by atoms with Crippen molar-refractivity contribution in [2.75, 3.05) is 11.9 Å². The first-order valence-corrected chi connectivity index (χ1v) is 7.30. The van der Waals surface area contributed by atoms with Crippen molar-refractivity contribution in [1.82, 2.24) is 0 Å². The van der Waals surface area contributed by atoms with E-state index in [1.165, 1.54) is 0 Å². The molecule has 0 spiro atoms. The second-order valence-electron chi connectivity index (χ2n) is 4.29. The van der Waals surface area contributed by atoms with Crippen molar-refractivity contribution in [1.29, 1.82) is 0 Å². The van der Waals surface area contributed by atoms with Crippen LogP contribution in [0.2, 0.25) is 0 Å². The Morgan fingerprint density at radius 2 is 2.00 bits per heavy atom. The van der Waals surface area contributed by atoms with E-state index in [2.05, 4.69) is 21.2 Å². The monoisotopic (exact) mass is 350 g/mol. The third-order valence-electron chi connectivity index (χ3n) is 2.91. The maximum atomic E-state index is 11.3. The van der Waals surface area contributed by atoms with Gasteiger partial charge in [-0.25, -0.2) is 0 Å². The molecule has 2 aromatic carbocycles. The van der Waals surface area contributed by atoms with Gasteiger partial charge in [-0.3, -0.25) is 10.1 Å². The van der Waals surface area contributed by atoms with Crippen LogP contribution in [0.15, 0.2) is 46.9 Å². The number of anilines is 1. The molecule has 0 heterocycles. The van der Waals surface area contributed by atoms with Crippen LogP contribution in [-0.4, -0.2) is 11.5 Å². The Morgan fingerprint density at radius 1 is 1.24 bits per heavy atom. The minimum absolute atomic E-state index is 0.0357. The summed E-state index contributed by atoms with van der Waals surface area (Å²) in [5, 5.41) is 14.4. The van der Waals surface area contributed by atoms with Crippen LogP contribution in [0.25, 0.3) is 0 Å². The van der Waals surface area contributed by atoms with Crippen molar-refractivity contribution < 1.29 is 9.66 Å². The van der Waals surface area contributed by atoms with Crippen LogP contribution in [-0.2, 0) is 6.54 Å². The van der Waals surface area contributed by atoms with Crippen molar-refractivity contribution in [2.45, 2.75) is 13.5 Å². The molecule has 0 aliphatic rings. The molecule has 0 fully saturated rings. The van der Waals surface area contributed by atoms with Gasteiger partial charge in [0.15, 0.2) is 5.75 Å². The van der Waals surface area contributed by atoms with Gasteiger partial charge in [0, 0.05) is 11.0 Å². The van der Waals surface area contributed by atoms with E-state index in [-0.39, 0.29) is 11.4 Å². The van der Waals surface area contributed by atoms with Crippen LogP contribution >= 0.6 is 15.9 Å². The fourth-order valence-corrected chi connectivity index (χ4v) is 2.38. The Kier molecular flexibility index (Phi) is 5.16. The summed E-state index contributed by atoms with van der Waals surface area (Å²) >= 11 is 3.46. The van der Waals surface area contributed by atoms with Crippen molar-refractivity contribution in [2.24, 2.45) is 0 Å². The quantitative estimate of drug-likeness (QED) is 0.620. The highest BCUT2D eigenvalue weighted by Crippen LogP contribution is 2.35. The molecule has 2 rings (SSSR count). The van der Waals surface area contributed by atoms with E-state index in [0.29, 0.717) is 18.8 Å². The van der Waals surface area contributed by atoms with E-state index in [1.807, 2.05) is 24.3 Å². The van der Waals surface area contributed by atoms with Gasteiger partial charge in [0.05, 0.1) is 11.5 Å². The average Bonchev–Trinajstić information content (AvgIpc) is 2.46. The highest BCUT2D eigenvalue weighted by atomic mass is 79.9. The summed E-state index contributed by atoms with van der Waals surface area (Å²) in [6.07, 6.45) is 0. The lowest BCUT2D eigenvalue weighted by molar-refractivity contribution is -0.384.